The van der Waals surface area contributed by atoms with Crippen LogP contribution in [0.25, 0.3) is 0 Å². The van der Waals surface area contributed by atoms with Gasteiger partial charge in [-0.15, -0.1) is 0 Å². The smallest absolute Gasteiger partial charge is 0.230 e. The van der Waals surface area contributed by atoms with E-state index < -0.39 is 0 Å². The van der Waals surface area contributed by atoms with Gasteiger partial charge in [0.2, 0.25) is 5.91 Å². The van der Waals surface area contributed by atoms with Crippen molar-refractivity contribution in [3.05, 3.63) is 35.9 Å². The number of amides is 1. The highest BCUT2D eigenvalue weighted by molar-refractivity contribution is 5.88. The average Bonchev–Trinajstić information content (AvgIpc) is 2.90. The van der Waals surface area contributed by atoms with Gasteiger partial charge in [-0.2, -0.15) is 0 Å². The fourth-order valence-electron chi connectivity index (χ4n) is 2.93. The molecule has 2 rings (SSSR count). The maximum Gasteiger partial charge on any atom is 0.230 e. The summed E-state index contributed by atoms with van der Waals surface area (Å²) in [4.78, 5) is 12.5. The van der Waals surface area contributed by atoms with Gasteiger partial charge in [-0.3, -0.25) is 4.79 Å². The molecule has 98 valence electrons. The lowest BCUT2D eigenvalue weighted by Crippen LogP contribution is -2.42. The molecule has 1 aromatic rings. The zero-order chi connectivity index (χ0) is 12.8. The highest BCUT2D eigenvalue weighted by atomic mass is 16.2. The van der Waals surface area contributed by atoms with Crippen LogP contribution in [-0.4, -0.2) is 12.5 Å². The number of hydrogen-bond acceptors (Lipinski definition) is 1. The summed E-state index contributed by atoms with van der Waals surface area (Å²) in [5, 5.41) is 3.13. The molecule has 0 aliphatic heterocycles. The van der Waals surface area contributed by atoms with Gasteiger partial charge in [-0.05, 0) is 24.8 Å². The van der Waals surface area contributed by atoms with Crippen LogP contribution in [0.3, 0.4) is 0 Å². The van der Waals surface area contributed by atoms with Crippen LogP contribution in [0.15, 0.2) is 30.3 Å². The van der Waals surface area contributed by atoms with E-state index in [9.17, 15) is 4.79 Å². The number of rotatable bonds is 5. The number of carbonyl (C=O) groups is 1. The summed E-state index contributed by atoms with van der Waals surface area (Å²) in [5.74, 6) is 0.236. The van der Waals surface area contributed by atoms with Crippen LogP contribution in [0.1, 0.15) is 51.0 Å². The Morgan fingerprint density at radius 2 is 1.89 bits per heavy atom. The molecule has 2 heteroatoms. The van der Waals surface area contributed by atoms with Gasteiger partial charge >= 0.3 is 0 Å². The highest BCUT2D eigenvalue weighted by Crippen LogP contribution is 2.41. The molecule has 1 aliphatic rings. The van der Waals surface area contributed by atoms with Gasteiger partial charge in [0.25, 0.3) is 0 Å². The van der Waals surface area contributed by atoms with E-state index in [1.807, 2.05) is 18.2 Å². The first kappa shape index (κ1) is 13.1. The van der Waals surface area contributed by atoms with Crippen molar-refractivity contribution in [1.29, 1.82) is 0 Å². The van der Waals surface area contributed by atoms with Crippen LogP contribution in [0.5, 0.6) is 0 Å². The van der Waals surface area contributed by atoms with Gasteiger partial charge in [0.05, 0.1) is 5.41 Å². The Morgan fingerprint density at radius 1 is 1.22 bits per heavy atom. The van der Waals surface area contributed by atoms with E-state index in [2.05, 4.69) is 24.4 Å². The minimum Gasteiger partial charge on any atom is -0.355 e. The summed E-state index contributed by atoms with van der Waals surface area (Å²) in [5.41, 5.74) is 0.936. The molecule has 1 fully saturated rings. The molecule has 1 saturated carbocycles. The van der Waals surface area contributed by atoms with Gasteiger partial charge < -0.3 is 5.32 Å². The number of carbonyl (C=O) groups excluding carboxylic acids is 1. The van der Waals surface area contributed by atoms with E-state index in [1.54, 1.807) is 0 Å². The first-order chi connectivity index (χ1) is 8.79. The highest BCUT2D eigenvalue weighted by Gasteiger charge is 2.42. The lowest BCUT2D eigenvalue weighted by atomic mass is 9.78. The van der Waals surface area contributed by atoms with Gasteiger partial charge in [-0.1, -0.05) is 56.5 Å². The molecule has 0 bridgehead atoms. The normalized spacial score (nSPS) is 17.6. The third-order valence-corrected chi connectivity index (χ3v) is 4.03. The number of benzene rings is 1. The standard InChI is InChI=1S/C16H23NO/c1-2-3-13-17-15(18)16(11-7-8-12-16)14-9-5-4-6-10-14/h4-6,9-10H,2-3,7-8,11-13H2,1H3,(H,17,18). The SMILES string of the molecule is CCCCNC(=O)C1(c2ccccc2)CCCC1. The molecule has 0 spiro atoms. The van der Waals surface area contributed by atoms with Gasteiger partial charge in [0, 0.05) is 6.54 Å². The molecule has 1 aliphatic carbocycles. The van der Waals surface area contributed by atoms with Crippen molar-refractivity contribution in [3.63, 3.8) is 0 Å². The second-order valence-electron chi connectivity index (χ2n) is 5.26. The van der Waals surface area contributed by atoms with E-state index >= 15 is 0 Å². The van der Waals surface area contributed by atoms with Crippen molar-refractivity contribution in [3.8, 4) is 0 Å². The van der Waals surface area contributed by atoms with Crippen molar-refractivity contribution in [2.75, 3.05) is 6.54 Å². The fourth-order valence-corrected chi connectivity index (χ4v) is 2.93. The number of unbranched alkanes of at least 4 members (excludes halogenated alkanes) is 1. The molecule has 0 radical (unpaired) electrons. The van der Waals surface area contributed by atoms with Crippen LogP contribution < -0.4 is 5.32 Å². The molecule has 1 aromatic carbocycles. The Morgan fingerprint density at radius 3 is 2.50 bits per heavy atom. The van der Waals surface area contributed by atoms with Crippen LogP contribution in [0, 0.1) is 0 Å². The molecule has 0 atom stereocenters. The molecule has 1 amide bonds. The molecule has 0 aromatic heterocycles. The first-order valence-electron chi connectivity index (χ1n) is 7.13. The fraction of sp³-hybridized carbons (Fsp3) is 0.562. The molecule has 0 heterocycles. The van der Waals surface area contributed by atoms with Gasteiger partial charge in [0.1, 0.15) is 0 Å². The summed E-state index contributed by atoms with van der Waals surface area (Å²) >= 11 is 0. The quantitative estimate of drug-likeness (QED) is 0.791. The lowest BCUT2D eigenvalue weighted by molar-refractivity contribution is -0.126. The Kier molecular flexibility index (Phi) is 4.40. The monoisotopic (exact) mass is 245 g/mol. The Balaban J connectivity index is 2.14. The minimum absolute atomic E-state index is 0.236. The van der Waals surface area contributed by atoms with Gasteiger partial charge in [-0.25, -0.2) is 0 Å². The summed E-state index contributed by atoms with van der Waals surface area (Å²) < 4.78 is 0. The molecule has 18 heavy (non-hydrogen) atoms. The summed E-state index contributed by atoms with van der Waals surface area (Å²) in [7, 11) is 0. The van der Waals surface area contributed by atoms with E-state index in [4.69, 9.17) is 0 Å². The number of hydrogen-bond donors (Lipinski definition) is 1. The van der Waals surface area contributed by atoms with E-state index in [0.717, 1.165) is 45.1 Å². The molecular weight excluding hydrogens is 222 g/mol. The lowest BCUT2D eigenvalue weighted by Gasteiger charge is -2.28. The maximum absolute atomic E-state index is 12.5. The van der Waals surface area contributed by atoms with Crippen molar-refractivity contribution in [1.82, 2.24) is 5.32 Å². The molecule has 1 N–H and O–H groups in total. The van der Waals surface area contributed by atoms with Crippen LogP contribution in [-0.2, 0) is 10.2 Å². The predicted molar refractivity (Wildman–Crippen MR) is 74.5 cm³/mol. The second kappa shape index (κ2) is 6.03. The Labute approximate surface area is 110 Å². The van der Waals surface area contributed by atoms with E-state index in [1.165, 1.54) is 5.56 Å². The number of nitrogens with one attached hydrogen (secondary N) is 1. The van der Waals surface area contributed by atoms with Crippen molar-refractivity contribution in [2.45, 2.75) is 50.9 Å². The Hall–Kier alpha value is -1.31. The third kappa shape index (κ3) is 2.58. The summed E-state index contributed by atoms with van der Waals surface area (Å²) in [6.07, 6.45) is 6.51. The molecular formula is C16H23NO. The average molecular weight is 245 g/mol. The van der Waals surface area contributed by atoms with E-state index in [-0.39, 0.29) is 11.3 Å². The second-order valence-corrected chi connectivity index (χ2v) is 5.26. The summed E-state index contributed by atoms with van der Waals surface area (Å²) in [6, 6.07) is 10.3. The molecule has 2 nitrogen and oxygen atoms in total. The third-order valence-electron chi connectivity index (χ3n) is 4.03. The van der Waals surface area contributed by atoms with Crippen molar-refractivity contribution < 1.29 is 4.79 Å². The zero-order valence-electron chi connectivity index (χ0n) is 11.2. The topological polar surface area (TPSA) is 29.1 Å². The predicted octanol–water partition coefficient (Wildman–Crippen LogP) is 3.41. The Bertz CT molecular complexity index is 379. The molecule has 0 saturated heterocycles. The maximum atomic E-state index is 12.5. The zero-order valence-corrected chi connectivity index (χ0v) is 11.2. The van der Waals surface area contributed by atoms with Crippen LogP contribution >= 0.6 is 0 Å². The summed E-state index contributed by atoms with van der Waals surface area (Å²) in [6.45, 7) is 2.96. The first-order valence-corrected chi connectivity index (χ1v) is 7.13. The van der Waals surface area contributed by atoms with Crippen LogP contribution in [0.2, 0.25) is 0 Å². The van der Waals surface area contributed by atoms with Crippen molar-refractivity contribution >= 4 is 5.91 Å². The van der Waals surface area contributed by atoms with Crippen LogP contribution in [0.4, 0.5) is 0 Å². The largest absolute Gasteiger partial charge is 0.355 e. The van der Waals surface area contributed by atoms with Crippen molar-refractivity contribution in [2.24, 2.45) is 0 Å². The van der Waals surface area contributed by atoms with E-state index in [0.29, 0.717) is 0 Å². The minimum atomic E-state index is -0.255. The van der Waals surface area contributed by atoms with Gasteiger partial charge in [0.15, 0.2) is 0 Å². The molecule has 0 unspecified atom stereocenters.